The lowest BCUT2D eigenvalue weighted by Gasteiger charge is -2.59. The van der Waals surface area contributed by atoms with Crippen LogP contribution in [0.25, 0.3) is 0 Å². The van der Waals surface area contributed by atoms with Crippen molar-refractivity contribution in [1.82, 2.24) is 0 Å². The Kier molecular flexibility index (Phi) is 10.2. The van der Waals surface area contributed by atoms with Crippen LogP contribution in [-0.4, -0.2) is 61.5 Å². The summed E-state index contributed by atoms with van der Waals surface area (Å²) in [5.74, 6) is 2.26. The Morgan fingerprint density at radius 3 is 2.38 bits per heavy atom. The third kappa shape index (κ3) is 5.36. The lowest BCUT2D eigenvalue weighted by Crippen LogP contribution is -2.61. The first-order valence-corrected chi connectivity index (χ1v) is 17.8. The van der Waals surface area contributed by atoms with Crippen LogP contribution in [0.4, 0.5) is 0 Å². The summed E-state index contributed by atoms with van der Waals surface area (Å²) in [7, 11) is 0. The molecule has 0 radical (unpaired) electrons. The maximum Gasteiger partial charge on any atom is 0.190 e. The van der Waals surface area contributed by atoms with Crippen molar-refractivity contribution in [3.63, 3.8) is 0 Å². The van der Waals surface area contributed by atoms with Gasteiger partial charge < -0.3 is 25.5 Å². The quantitative estimate of drug-likeness (QED) is 0.255. The summed E-state index contributed by atoms with van der Waals surface area (Å²) in [5, 5.41) is 51.7. The number of allylic oxidation sites excluding steroid dienone is 4. The van der Waals surface area contributed by atoms with Gasteiger partial charge in [-0.25, -0.2) is 0 Å². The van der Waals surface area contributed by atoms with Crippen LogP contribution in [0.2, 0.25) is 0 Å². The summed E-state index contributed by atoms with van der Waals surface area (Å²) in [4.78, 5) is 24.2. The predicted octanol–water partition coefficient (Wildman–Crippen LogP) is 6.01. The largest absolute Gasteiger partial charge is 0.508 e. The van der Waals surface area contributed by atoms with E-state index in [1.54, 1.807) is 12.2 Å². The topological polar surface area (TPSA) is 135 Å². The van der Waals surface area contributed by atoms with Gasteiger partial charge in [0.05, 0.1) is 12.2 Å². The lowest BCUT2D eigenvalue weighted by atomic mass is 9.46. The maximum absolute atomic E-state index is 12.4. The van der Waals surface area contributed by atoms with Crippen molar-refractivity contribution in [3.8, 4) is 5.75 Å². The molecule has 0 heterocycles. The normalized spacial score (nSPS) is 44.8. The number of ketones is 2. The molecule has 1 aromatic carbocycles. The number of hydrogen-bond donors (Lipinski definition) is 5. The van der Waals surface area contributed by atoms with Crippen molar-refractivity contribution >= 4 is 36.4 Å². The first-order valence-electron chi connectivity index (χ1n) is 17.8. The number of carbonyl (C=O) groups is 2. The molecule has 12 atom stereocenters. The summed E-state index contributed by atoms with van der Waals surface area (Å²) < 4.78 is 0. The van der Waals surface area contributed by atoms with Crippen LogP contribution >= 0.6 is 24.8 Å². The first-order chi connectivity index (χ1) is 21.8. The van der Waals surface area contributed by atoms with E-state index in [2.05, 4.69) is 19.9 Å². The molecular formula is C39H54Cl2O7. The fraction of sp³-hybridized carbons (Fsp3) is 0.692. The molecule has 266 valence electrons. The van der Waals surface area contributed by atoms with E-state index in [0.717, 1.165) is 50.0 Å². The number of phenols is 1. The summed E-state index contributed by atoms with van der Waals surface area (Å²) in [6, 6.07) is 5.96. The Balaban J connectivity index is 0.000000185. The number of aliphatic hydroxyl groups is 4. The predicted molar refractivity (Wildman–Crippen MR) is 188 cm³/mol. The second kappa shape index (κ2) is 13.1. The number of halogens is 2. The minimum Gasteiger partial charge on any atom is -0.508 e. The van der Waals surface area contributed by atoms with Gasteiger partial charge in [-0.05, 0) is 141 Å². The second-order valence-electron chi connectivity index (χ2n) is 16.6. The van der Waals surface area contributed by atoms with E-state index in [1.165, 1.54) is 30.4 Å². The van der Waals surface area contributed by atoms with Gasteiger partial charge in [0.2, 0.25) is 0 Å². The Bertz CT molecular complexity index is 1490. The third-order valence-electron chi connectivity index (χ3n) is 14.9. The summed E-state index contributed by atoms with van der Waals surface area (Å²) in [5.41, 5.74) is 1.45. The van der Waals surface area contributed by atoms with Crippen molar-refractivity contribution in [2.45, 2.75) is 115 Å². The van der Waals surface area contributed by atoms with E-state index < -0.39 is 29.5 Å². The highest BCUT2D eigenvalue weighted by Crippen LogP contribution is 2.67. The van der Waals surface area contributed by atoms with Gasteiger partial charge in [-0.15, -0.1) is 24.8 Å². The van der Waals surface area contributed by atoms with E-state index >= 15 is 0 Å². The van der Waals surface area contributed by atoms with Crippen LogP contribution in [0, 0.1) is 45.8 Å². The summed E-state index contributed by atoms with van der Waals surface area (Å²) >= 11 is 0. The summed E-state index contributed by atoms with van der Waals surface area (Å²) in [6.45, 7) is 5.66. The number of carbonyl (C=O) groups excluding carboxylic acids is 2. The number of aliphatic hydroxyl groups excluding tert-OH is 3. The van der Waals surface area contributed by atoms with Gasteiger partial charge in [0.25, 0.3) is 0 Å². The molecule has 0 aromatic heterocycles. The Labute approximate surface area is 297 Å². The fourth-order valence-electron chi connectivity index (χ4n) is 12.5. The van der Waals surface area contributed by atoms with E-state index in [4.69, 9.17) is 0 Å². The van der Waals surface area contributed by atoms with Gasteiger partial charge in [-0.1, -0.05) is 38.5 Å². The average Bonchev–Trinajstić information content (AvgIpc) is 3.48. The van der Waals surface area contributed by atoms with Crippen LogP contribution in [0.3, 0.4) is 0 Å². The zero-order valence-electron chi connectivity index (χ0n) is 28.4. The smallest absolute Gasteiger partial charge is 0.190 e. The van der Waals surface area contributed by atoms with Gasteiger partial charge in [-0.3, -0.25) is 9.59 Å². The molecule has 0 aliphatic heterocycles. The minimum atomic E-state index is -1.56. The Morgan fingerprint density at radius 2 is 1.65 bits per heavy atom. The van der Waals surface area contributed by atoms with Gasteiger partial charge in [-0.2, -0.15) is 0 Å². The average molecular weight is 706 g/mol. The molecule has 0 saturated heterocycles. The van der Waals surface area contributed by atoms with Crippen molar-refractivity contribution in [2.75, 3.05) is 6.61 Å². The van der Waals surface area contributed by atoms with Gasteiger partial charge >= 0.3 is 0 Å². The highest BCUT2D eigenvalue weighted by atomic mass is 35.5. The maximum atomic E-state index is 12.4. The molecule has 9 heteroatoms. The number of benzene rings is 1. The van der Waals surface area contributed by atoms with Gasteiger partial charge in [0, 0.05) is 16.7 Å². The molecule has 5 saturated carbocycles. The van der Waals surface area contributed by atoms with Crippen molar-refractivity contribution < 1.29 is 35.1 Å². The number of aryl methyl sites for hydroxylation is 1. The van der Waals surface area contributed by atoms with E-state index in [0.29, 0.717) is 30.4 Å². The van der Waals surface area contributed by atoms with Crippen LogP contribution < -0.4 is 0 Å². The first kappa shape index (κ1) is 37.5. The number of hydrogen-bond acceptors (Lipinski definition) is 7. The summed E-state index contributed by atoms with van der Waals surface area (Å²) in [6.07, 6.45) is 14.5. The molecule has 0 spiro atoms. The molecule has 0 bridgehead atoms. The molecule has 48 heavy (non-hydrogen) atoms. The standard InChI is InChI=1S/C21H28O5.C18H24O2.2ClH/c1-19-7-5-13(23)9-12(19)3-4-14-15-6-8-21(26,17(25)11-22)20(15,2)10-16(24)18(14)19;1-18-9-8-14-13-5-3-12(19)10-11(13)2-4-15(14)16(18)6-7-17(18)20;;/h5,7,9,14-16,18,22,24,26H,3-4,6,8,10-11H2,1-2H3;3,5,10,14-17,19-20H,2,4,6-9H2,1H3;2*1H/t14-,15-,16-,18+,19-,20-,21-;14-,15-,16+,17+,18+;;/m01../s1. The highest BCUT2D eigenvalue weighted by Gasteiger charge is 2.68. The lowest BCUT2D eigenvalue weighted by molar-refractivity contribution is -0.178. The monoisotopic (exact) mass is 704 g/mol. The number of Topliss-reactive ketones (excluding diaryl/α,β-unsaturated/α-hetero) is 1. The van der Waals surface area contributed by atoms with E-state index in [1.807, 2.05) is 25.1 Å². The zero-order chi connectivity index (χ0) is 32.8. The molecule has 7 aliphatic rings. The molecule has 8 rings (SSSR count). The second-order valence-corrected chi connectivity index (χ2v) is 16.6. The van der Waals surface area contributed by atoms with Crippen molar-refractivity contribution in [2.24, 2.45) is 45.8 Å². The third-order valence-corrected chi connectivity index (χ3v) is 14.9. The van der Waals surface area contributed by atoms with E-state index in [9.17, 15) is 35.1 Å². The van der Waals surface area contributed by atoms with Gasteiger partial charge in [0.1, 0.15) is 18.0 Å². The molecule has 5 N–H and O–H groups in total. The van der Waals surface area contributed by atoms with Crippen molar-refractivity contribution in [3.05, 3.63) is 53.1 Å². The number of fused-ring (bicyclic) bond motifs is 10. The zero-order valence-corrected chi connectivity index (χ0v) is 30.1. The van der Waals surface area contributed by atoms with E-state index in [-0.39, 0.29) is 65.3 Å². The van der Waals surface area contributed by atoms with Crippen LogP contribution in [0.5, 0.6) is 5.75 Å². The molecule has 1 aromatic rings. The highest BCUT2D eigenvalue weighted by molar-refractivity contribution is 6.01. The molecular weight excluding hydrogens is 651 g/mol. The van der Waals surface area contributed by atoms with Crippen LogP contribution in [-0.2, 0) is 16.0 Å². The SMILES string of the molecule is C[C@]12C=CC(=O)C=C1CC[C@@H]1[C@@H]2[C@@H](O)C[C@@]2(C)[C@H]1CC[C@]2(O)C(=O)CO.C[C@]12CC[C@@H]3c4ccc(O)cc4CC[C@H]3[C@@H]1CC[C@@H]2O.Cl.Cl. The molecule has 5 fully saturated rings. The molecule has 0 amide bonds. The number of rotatable bonds is 2. The molecule has 7 aliphatic carbocycles. The minimum absolute atomic E-state index is 0. The van der Waals surface area contributed by atoms with Crippen LogP contribution in [0.15, 0.2) is 42.0 Å². The number of aromatic hydroxyl groups is 1. The Hall–Kier alpha value is -1.74. The van der Waals surface area contributed by atoms with Crippen LogP contribution in [0.1, 0.15) is 102 Å². The Morgan fingerprint density at radius 1 is 0.917 bits per heavy atom. The number of phenolic OH excluding ortho intramolecular Hbond substituents is 1. The molecule has 0 unspecified atom stereocenters. The fourth-order valence-corrected chi connectivity index (χ4v) is 12.5. The van der Waals surface area contributed by atoms with Crippen molar-refractivity contribution in [1.29, 1.82) is 0 Å². The van der Waals surface area contributed by atoms with Gasteiger partial charge in [0.15, 0.2) is 11.6 Å². The molecule has 7 nitrogen and oxygen atoms in total.